The van der Waals surface area contributed by atoms with E-state index in [1.165, 1.54) is 19.1 Å². The summed E-state index contributed by atoms with van der Waals surface area (Å²) in [5.41, 5.74) is 0. The van der Waals surface area contributed by atoms with E-state index in [-0.39, 0.29) is 11.9 Å². The smallest absolute Gasteiger partial charge is 0.149 e. The lowest BCUT2D eigenvalue weighted by molar-refractivity contribution is 0.0155. The molecule has 4 nitrogen and oxygen atoms in total. The summed E-state index contributed by atoms with van der Waals surface area (Å²) in [6.45, 7) is 0.321. The van der Waals surface area contributed by atoms with Gasteiger partial charge in [-0.1, -0.05) is 12.8 Å². The van der Waals surface area contributed by atoms with E-state index in [1.54, 1.807) is 0 Å². The third-order valence-electron chi connectivity index (χ3n) is 2.86. The largest absolute Gasteiger partial charge is 0.376 e. The molecule has 1 N–H and O–H groups in total. The van der Waals surface area contributed by atoms with Crippen LogP contribution in [0.25, 0.3) is 0 Å². The van der Waals surface area contributed by atoms with Crippen LogP contribution in [0.1, 0.15) is 25.7 Å². The first-order valence-corrected chi connectivity index (χ1v) is 7.55. The van der Waals surface area contributed by atoms with Gasteiger partial charge in [-0.2, -0.15) is 0 Å². The van der Waals surface area contributed by atoms with E-state index >= 15 is 0 Å². The second-order valence-electron chi connectivity index (χ2n) is 4.22. The molecule has 0 amide bonds. The van der Waals surface area contributed by atoms with Gasteiger partial charge in [-0.15, -0.1) is 0 Å². The van der Waals surface area contributed by atoms with Gasteiger partial charge >= 0.3 is 0 Å². The minimum absolute atomic E-state index is 0.125. The highest BCUT2D eigenvalue weighted by molar-refractivity contribution is 7.90. The van der Waals surface area contributed by atoms with Gasteiger partial charge < -0.3 is 10.1 Å². The van der Waals surface area contributed by atoms with Gasteiger partial charge in [0.2, 0.25) is 0 Å². The van der Waals surface area contributed by atoms with Crippen molar-refractivity contribution >= 4 is 9.84 Å². The fourth-order valence-corrected chi connectivity index (χ4v) is 2.38. The van der Waals surface area contributed by atoms with Crippen LogP contribution in [0.15, 0.2) is 0 Å². The van der Waals surface area contributed by atoms with E-state index in [0.717, 1.165) is 12.8 Å². The van der Waals surface area contributed by atoms with Gasteiger partial charge in [0.25, 0.3) is 0 Å². The maximum absolute atomic E-state index is 10.9. The fraction of sp³-hybridized carbons (Fsp3) is 1.00. The van der Waals surface area contributed by atoms with Gasteiger partial charge in [-0.3, -0.25) is 0 Å². The van der Waals surface area contributed by atoms with Crippen molar-refractivity contribution in [2.24, 2.45) is 0 Å². The zero-order valence-electron chi connectivity index (χ0n) is 9.53. The Balaban J connectivity index is 2.29. The molecule has 5 heteroatoms. The zero-order valence-corrected chi connectivity index (χ0v) is 10.3. The summed E-state index contributed by atoms with van der Waals surface area (Å²) in [6.07, 6.45) is 6.01. The highest BCUT2D eigenvalue weighted by Crippen LogP contribution is 2.20. The Bertz CT molecular complexity index is 276. The Labute approximate surface area is 92.3 Å². The lowest BCUT2D eigenvalue weighted by atomic mass is 9.92. The Morgan fingerprint density at radius 1 is 1.33 bits per heavy atom. The molecule has 0 aromatic heterocycles. The van der Waals surface area contributed by atoms with Crippen LogP contribution < -0.4 is 5.32 Å². The topological polar surface area (TPSA) is 55.4 Å². The Morgan fingerprint density at radius 2 is 2.00 bits per heavy atom. The van der Waals surface area contributed by atoms with E-state index in [9.17, 15) is 8.42 Å². The van der Waals surface area contributed by atoms with Crippen LogP contribution in [0.2, 0.25) is 0 Å². The molecule has 0 radical (unpaired) electrons. The standard InChI is InChI=1S/C10H21NO3S/c1-11-9-5-3-4-6-10(9)14-7-8-15(2,12)13/h9-11H,3-8H2,1-2H3. The number of ether oxygens (including phenoxy) is 1. The molecule has 0 bridgehead atoms. The van der Waals surface area contributed by atoms with Gasteiger partial charge in [0.05, 0.1) is 18.5 Å². The second-order valence-corrected chi connectivity index (χ2v) is 6.48. The second kappa shape index (κ2) is 5.82. The van der Waals surface area contributed by atoms with Crippen molar-refractivity contribution < 1.29 is 13.2 Å². The predicted octanol–water partition coefficient (Wildman–Crippen LogP) is 0.578. The van der Waals surface area contributed by atoms with Gasteiger partial charge in [-0.05, 0) is 19.9 Å². The van der Waals surface area contributed by atoms with Crippen LogP contribution in [0, 0.1) is 0 Å². The van der Waals surface area contributed by atoms with Crippen molar-refractivity contribution in [3.8, 4) is 0 Å². The molecule has 2 atom stereocenters. The van der Waals surface area contributed by atoms with Crippen molar-refractivity contribution in [3.63, 3.8) is 0 Å². The lowest BCUT2D eigenvalue weighted by Gasteiger charge is -2.31. The summed E-state index contributed by atoms with van der Waals surface area (Å²) in [6, 6.07) is 0.387. The molecule has 1 fully saturated rings. The van der Waals surface area contributed by atoms with Crippen molar-refractivity contribution in [3.05, 3.63) is 0 Å². The Hall–Kier alpha value is -0.130. The number of nitrogens with one attached hydrogen (secondary N) is 1. The van der Waals surface area contributed by atoms with Crippen molar-refractivity contribution in [1.29, 1.82) is 0 Å². The van der Waals surface area contributed by atoms with Crippen LogP contribution in [0.4, 0.5) is 0 Å². The molecule has 1 aliphatic rings. The van der Waals surface area contributed by atoms with E-state index in [4.69, 9.17) is 4.74 Å². The summed E-state index contributed by atoms with van der Waals surface area (Å²) in [5.74, 6) is 0.125. The molecule has 0 aliphatic heterocycles. The molecule has 0 aromatic rings. The Kier molecular flexibility index (Phi) is 5.02. The average molecular weight is 235 g/mol. The number of likely N-dealkylation sites (N-methyl/N-ethyl adjacent to an activating group) is 1. The minimum Gasteiger partial charge on any atom is -0.376 e. The summed E-state index contributed by atoms with van der Waals surface area (Å²) in [4.78, 5) is 0. The van der Waals surface area contributed by atoms with Gasteiger partial charge in [0.1, 0.15) is 9.84 Å². The predicted molar refractivity (Wildman–Crippen MR) is 60.8 cm³/mol. The minimum atomic E-state index is -2.89. The van der Waals surface area contributed by atoms with E-state index in [0.29, 0.717) is 12.6 Å². The molecule has 0 heterocycles. The summed E-state index contributed by atoms with van der Waals surface area (Å²) in [5, 5.41) is 3.23. The fourth-order valence-electron chi connectivity index (χ4n) is 1.98. The zero-order chi connectivity index (χ0) is 11.3. The molecule has 2 unspecified atom stereocenters. The normalized spacial score (nSPS) is 27.9. The molecule has 0 spiro atoms. The quantitative estimate of drug-likeness (QED) is 0.757. The molecule has 1 saturated carbocycles. The molecule has 90 valence electrons. The van der Waals surface area contributed by atoms with Crippen LogP contribution in [0.3, 0.4) is 0 Å². The molecule has 0 aromatic carbocycles. The Morgan fingerprint density at radius 3 is 2.60 bits per heavy atom. The molecular weight excluding hydrogens is 214 g/mol. The van der Waals surface area contributed by atoms with E-state index in [1.807, 2.05) is 7.05 Å². The number of sulfone groups is 1. The van der Waals surface area contributed by atoms with Gasteiger partial charge in [0.15, 0.2) is 0 Å². The maximum Gasteiger partial charge on any atom is 0.149 e. The lowest BCUT2D eigenvalue weighted by Crippen LogP contribution is -2.42. The summed E-state index contributed by atoms with van der Waals surface area (Å²) >= 11 is 0. The molecular formula is C10H21NO3S. The monoisotopic (exact) mass is 235 g/mol. The van der Waals surface area contributed by atoms with Crippen LogP contribution in [-0.4, -0.2) is 46.2 Å². The van der Waals surface area contributed by atoms with Gasteiger partial charge in [0, 0.05) is 12.3 Å². The average Bonchev–Trinajstić information content (AvgIpc) is 2.16. The maximum atomic E-state index is 10.9. The highest BCUT2D eigenvalue weighted by atomic mass is 32.2. The van der Waals surface area contributed by atoms with Crippen molar-refractivity contribution in [1.82, 2.24) is 5.32 Å². The molecule has 1 rings (SSSR count). The van der Waals surface area contributed by atoms with Gasteiger partial charge in [-0.25, -0.2) is 8.42 Å². The van der Waals surface area contributed by atoms with Crippen LogP contribution in [-0.2, 0) is 14.6 Å². The summed E-state index contributed by atoms with van der Waals surface area (Å²) in [7, 11) is -0.961. The first-order chi connectivity index (χ1) is 7.03. The first kappa shape index (κ1) is 12.9. The first-order valence-electron chi connectivity index (χ1n) is 5.49. The third kappa shape index (κ3) is 4.95. The SMILES string of the molecule is CNC1CCCCC1OCCS(C)(=O)=O. The van der Waals surface area contributed by atoms with E-state index in [2.05, 4.69) is 5.32 Å². The highest BCUT2D eigenvalue weighted by Gasteiger charge is 2.24. The summed E-state index contributed by atoms with van der Waals surface area (Å²) < 4.78 is 27.5. The number of hydrogen-bond donors (Lipinski definition) is 1. The molecule has 15 heavy (non-hydrogen) atoms. The molecule has 1 aliphatic carbocycles. The van der Waals surface area contributed by atoms with Crippen molar-refractivity contribution in [2.45, 2.75) is 37.8 Å². The van der Waals surface area contributed by atoms with E-state index < -0.39 is 9.84 Å². The number of hydrogen-bond acceptors (Lipinski definition) is 4. The van der Waals surface area contributed by atoms with Crippen molar-refractivity contribution in [2.75, 3.05) is 25.7 Å². The molecule has 0 saturated heterocycles. The number of rotatable bonds is 5. The van der Waals surface area contributed by atoms with Crippen LogP contribution >= 0.6 is 0 Å². The third-order valence-corrected chi connectivity index (χ3v) is 3.77. The van der Waals surface area contributed by atoms with Crippen LogP contribution in [0.5, 0.6) is 0 Å².